The summed E-state index contributed by atoms with van der Waals surface area (Å²) in [6.45, 7) is 3.67. The van der Waals surface area contributed by atoms with Crippen molar-refractivity contribution in [3.05, 3.63) is 33.8 Å². The summed E-state index contributed by atoms with van der Waals surface area (Å²) in [6.07, 6.45) is 2.17. The van der Waals surface area contributed by atoms with Crippen molar-refractivity contribution in [1.82, 2.24) is 10.4 Å². The van der Waals surface area contributed by atoms with Gasteiger partial charge < -0.3 is 20.2 Å². The van der Waals surface area contributed by atoms with Crippen LogP contribution in [0.15, 0.2) is 18.2 Å². The van der Waals surface area contributed by atoms with E-state index in [1.807, 2.05) is 20.1 Å². The van der Waals surface area contributed by atoms with Crippen LogP contribution < -0.4 is 5.43 Å². The van der Waals surface area contributed by atoms with Gasteiger partial charge in [0, 0.05) is 17.2 Å². The maximum atomic E-state index is 13.0. The van der Waals surface area contributed by atoms with E-state index in [2.05, 4.69) is 5.43 Å². The van der Waals surface area contributed by atoms with Crippen LogP contribution >= 0.6 is 35.0 Å². The summed E-state index contributed by atoms with van der Waals surface area (Å²) in [4.78, 5) is 36.8. The molecule has 0 aliphatic heterocycles. The minimum atomic E-state index is -2.17. The molecule has 9 nitrogen and oxygen atoms in total. The molecule has 0 spiro atoms. The molecule has 0 saturated heterocycles. The van der Waals surface area contributed by atoms with Gasteiger partial charge in [0.1, 0.15) is 0 Å². The predicted octanol–water partition coefficient (Wildman–Crippen LogP) is 1.67. The Labute approximate surface area is 189 Å². The summed E-state index contributed by atoms with van der Waals surface area (Å²) in [7, 11) is -2.17. The number of rotatable bonds is 8. The summed E-state index contributed by atoms with van der Waals surface area (Å²) in [5.74, 6) is -1.84. The average molecular weight is 483 g/mol. The number of hydrogen-bond donors (Lipinski definition) is 5. The van der Waals surface area contributed by atoms with Gasteiger partial charge in [-0.2, -0.15) is 11.8 Å². The third kappa shape index (κ3) is 11.0. The standard InChI is InChI=1S/C17H22Cl2N2O4S.BH3O3/c1-10(2)8-14(17(24)25)21(20-15(22)6-7-26-3)16(23)12-9-11(18)4-5-13(12)19;2-1(3)4/h4-5,9-10,14H,6-8H2,1-3H3,(H,20,22)(H,24,25);2-4H. The monoisotopic (exact) mass is 482 g/mol. The van der Waals surface area contributed by atoms with Crippen molar-refractivity contribution in [1.29, 1.82) is 0 Å². The molecule has 1 aromatic carbocycles. The lowest BCUT2D eigenvalue weighted by atomic mass is 10.0. The largest absolute Gasteiger partial charge is 0.631 e. The minimum Gasteiger partial charge on any atom is -0.480 e. The molecule has 0 heterocycles. The first kappa shape index (κ1) is 28.5. The number of nitrogens with zero attached hydrogens (tertiary/aromatic N) is 1. The van der Waals surface area contributed by atoms with Crippen LogP contribution in [0.25, 0.3) is 0 Å². The van der Waals surface area contributed by atoms with Gasteiger partial charge in [-0.05, 0) is 36.8 Å². The van der Waals surface area contributed by atoms with Crippen LogP contribution in [0, 0.1) is 5.92 Å². The van der Waals surface area contributed by atoms with Crippen LogP contribution in [0.2, 0.25) is 10.0 Å². The van der Waals surface area contributed by atoms with Crippen LogP contribution in [0.4, 0.5) is 0 Å². The van der Waals surface area contributed by atoms with E-state index in [9.17, 15) is 19.5 Å². The van der Waals surface area contributed by atoms with Crippen molar-refractivity contribution < 1.29 is 34.6 Å². The molecule has 0 bridgehead atoms. The fourth-order valence-corrected chi connectivity index (χ4v) is 2.97. The van der Waals surface area contributed by atoms with E-state index < -0.39 is 31.1 Å². The SMILES string of the molecule is CSCCC(=O)NN(C(=O)c1cc(Cl)ccc1Cl)C(CC(C)C)C(=O)O.OB(O)O. The molecule has 1 atom stereocenters. The molecule has 168 valence electrons. The molecule has 0 fully saturated rings. The number of carboxylic acid groups (broad SMARTS) is 1. The van der Waals surface area contributed by atoms with Crippen molar-refractivity contribution >= 4 is 60.1 Å². The molecule has 0 aliphatic rings. The number of halogens is 2. The maximum absolute atomic E-state index is 13.0. The van der Waals surface area contributed by atoms with E-state index >= 15 is 0 Å². The van der Waals surface area contributed by atoms with Crippen LogP contribution in [-0.2, 0) is 9.59 Å². The van der Waals surface area contributed by atoms with Crippen molar-refractivity contribution in [3.8, 4) is 0 Å². The van der Waals surface area contributed by atoms with Gasteiger partial charge in [-0.15, -0.1) is 0 Å². The Bertz CT molecular complexity index is 723. The molecule has 1 unspecified atom stereocenters. The van der Waals surface area contributed by atoms with Gasteiger partial charge in [-0.1, -0.05) is 37.0 Å². The number of amides is 2. The first-order chi connectivity index (χ1) is 13.9. The number of carboxylic acids is 1. The fraction of sp³-hybridized carbons (Fsp3) is 0.471. The summed E-state index contributed by atoms with van der Waals surface area (Å²) in [5, 5.41) is 32.3. The Morgan fingerprint density at radius 1 is 1.20 bits per heavy atom. The molecular formula is C17H25BCl2N2O7S. The highest BCUT2D eigenvalue weighted by Gasteiger charge is 2.33. The molecule has 2 amide bonds. The van der Waals surface area contributed by atoms with Gasteiger partial charge in [0.2, 0.25) is 5.91 Å². The summed E-state index contributed by atoms with van der Waals surface area (Å²) in [6, 6.07) is 3.09. The normalized spacial score (nSPS) is 11.2. The zero-order chi connectivity index (χ0) is 23.4. The van der Waals surface area contributed by atoms with Gasteiger partial charge in [-0.3, -0.25) is 15.0 Å². The van der Waals surface area contributed by atoms with E-state index in [4.69, 9.17) is 38.3 Å². The molecule has 1 rings (SSSR count). The first-order valence-electron chi connectivity index (χ1n) is 8.74. The van der Waals surface area contributed by atoms with Crippen LogP contribution in [0.5, 0.6) is 0 Å². The second kappa shape index (κ2) is 14.5. The Hall–Kier alpha value is -1.50. The zero-order valence-corrected chi connectivity index (χ0v) is 19.0. The van der Waals surface area contributed by atoms with Crippen molar-refractivity contribution in [2.45, 2.75) is 32.7 Å². The topological polar surface area (TPSA) is 147 Å². The van der Waals surface area contributed by atoms with Crippen molar-refractivity contribution in [2.24, 2.45) is 5.92 Å². The number of hydrazine groups is 1. The van der Waals surface area contributed by atoms with E-state index in [1.165, 1.54) is 30.0 Å². The highest BCUT2D eigenvalue weighted by molar-refractivity contribution is 7.98. The number of nitrogens with one attached hydrogen (secondary N) is 1. The molecule has 0 aliphatic carbocycles. The van der Waals surface area contributed by atoms with Crippen LogP contribution in [0.1, 0.15) is 37.0 Å². The highest BCUT2D eigenvalue weighted by Crippen LogP contribution is 2.23. The van der Waals surface area contributed by atoms with Crippen molar-refractivity contribution in [2.75, 3.05) is 12.0 Å². The molecular weight excluding hydrogens is 458 g/mol. The lowest BCUT2D eigenvalue weighted by Crippen LogP contribution is -2.55. The minimum absolute atomic E-state index is 0.00988. The number of benzene rings is 1. The summed E-state index contributed by atoms with van der Waals surface area (Å²) >= 11 is 13.5. The lowest BCUT2D eigenvalue weighted by Gasteiger charge is -2.30. The highest BCUT2D eigenvalue weighted by atomic mass is 35.5. The van der Waals surface area contributed by atoms with Gasteiger partial charge in [0.15, 0.2) is 6.04 Å². The van der Waals surface area contributed by atoms with Gasteiger partial charge in [-0.25, -0.2) is 9.80 Å². The molecule has 13 heteroatoms. The number of aliphatic carboxylic acids is 1. The second-order valence-electron chi connectivity index (χ2n) is 6.41. The fourth-order valence-electron chi connectivity index (χ4n) is 2.21. The van der Waals surface area contributed by atoms with Gasteiger partial charge >= 0.3 is 13.3 Å². The molecule has 0 aromatic heterocycles. The molecule has 0 radical (unpaired) electrons. The third-order valence-corrected chi connectivity index (χ3v) is 4.62. The summed E-state index contributed by atoms with van der Waals surface area (Å²) in [5.41, 5.74) is 2.46. The predicted molar refractivity (Wildman–Crippen MR) is 117 cm³/mol. The zero-order valence-electron chi connectivity index (χ0n) is 16.7. The number of carbonyl (C=O) groups is 3. The Kier molecular flexibility index (Phi) is 13.8. The quantitative estimate of drug-likeness (QED) is 0.277. The first-order valence-corrected chi connectivity index (χ1v) is 10.9. The smallest absolute Gasteiger partial charge is 0.480 e. The van der Waals surface area contributed by atoms with Crippen molar-refractivity contribution in [3.63, 3.8) is 0 Å². The second-order valence-corrected chi connectivity index (χ2v) is 8.24. The lowest BCUT2D eigenvalue weighted by molar-refractivity contribution is -0.145. The van der Waals surface area contributed by atoms with E-state index in [0.29, 0.717) is 5.75 Å². The molecule has 30 heavy (non-hydrogen) atoms. The third-order valence-electron chi connectivity index (χ3n) is 3.45. The van der Waals surface area contributed by atoms with Gasteiger partial charge in [0.05, 0.1) is 10.6 Å². The van der Waals surface area contributed by atoms with E-state index in [-0.39, 0.29) is 34.4 Å². The molecule has 5 N–H and O–H groups in total. The van der Waals surface area contributed by atoms with E-state index in [1.54, 1.807) is 0 Å². The molecule has 0 saturated carbocycles. The molecule has 1 aromatic rings. The maximum Gasteiger partial charge on any atom is 0.631 e. The Morgan fingerprint density at radius 3 is 2.23 bits per heavy atom. The van der Waals surface area contributed by atoms with Gasteiger partial charge in [0.25, 0.3) is 5.91 Å². The van der Waals surface area contributed by atoms with Crippen LogP contribution in [0.3, 0.4) is 0 Å². The summed E-state index contributed by atoms with van der Waals surface area (Å²) < 4.78 is 0. The number of thioether (sulfide) groups is 1. The number of hydrogen-bond acceptors (Lipinski definition) is 7. The average Bonchev–Trinajstić information content (AvgIpc) is 2.63. The van der Waals surface area contributed by atoms with Crippen LogP contribution in [-0.4, -0.2) is 68.3 Å². The Morgan fingerprint density at radius 2 is 1.77 bits per heavy atom. The van der Waals surface area contributed by atoms with E-state index in [0.717, 1.165) is 5.01 Å². The Balaban J connectivity index is 0.00000192. The number of carbonyl (C=O) groups excluding carboxylic acids is 2.